The van der Waals surface area contributed by atoms with Crippen LogP contribution in [0.1, 0.15) is 0 Å². The summed E-state index contributed by atoms with van der Waals surface area (Å²) in [5, 5.41) is 2.16. The van der Waals surface area contributed by atoms with E-state index in [1.165, 1.54) is 0 Å². The maximum absolute atomic E-state index is 11.6. The van der Waals surface area contributed by atoms with E-state index in [1.54, 1.807) is 0 Å². The number of ketones is 1. The van der Waals surface area contributed by atoms with Crippen LogP contribution < -0.4 is 5.32 Å². The summed E-state index contributed by atoms with van der Waals surface area (Å²) >= 11 is 0. The van der Waals surface area contributed by atoms with Gasteiger partial charge in [-0.15, -0.1) is 0 Å². The van der Waals surface area contributed by atoms with Crippen LogP contribution in [0.25, 0.3) is 0 Å². The highest BCUT2D eigenvalue weighted by atomic mass is 19.3. The van der Waals surface area contributed by atoms with Crippen LogP contribution in [0.4, 0.5) is 8.78 Å². The van der Waals surface area contributed by atoms with Crippen LogP contribution in [-0.4, -0.2) is 18.2 Å². The predicted octanol–water partition coefficient (Wildman–Crippen LogP) is 0.0819. The second-order valence-electron chi connectivity index (χ2n) is 2.14. The Kier molecular flexibility index (Phi) is 1.98. The van der Waals surface area contributed by atoms with Gasteiger partial charge in [0.2, 0.25) is 5.78 Å². The number of hydrogen-bond donors (Lipinski definition) is 1. The van der Waals surface area contributed by atoms with Gasteiger partial charge < -0.3 is 5.32 Å². The lowest BCUT2D eigenvalue weighted by Crippen LogP contribution is -2.18. The Labute approximate surface area is 61.1 Å². The van der Waals surface area contributed by atoms with Gasteiger partial charge in [0.15, 0.2) is 0 Å². The molecule has 60 valence electrons. The number of nitrogens with one attached hydrogen (secondary N) is 1. The van der Waals surface area contributed by atoms with Gasteiger partial charge >= 0.3 is 0 Å². The molecule has 0 aromatic heterocycles. The fraction of sp³-hybridized carbons (Fsp3) is 0.333. The minimum absolute atomic E-state index is 0.0188. The Morgan fingerprint density at radius 1 is 1.55 bits per heavy atom. The van der Waals surface area contributed by atoms with Crippen molar-refractivity contribution in [3.63, 3.8) is 0 Å². The molecule has 0 aromatic carbocycles. The Bertz CT molecular complexity index is 233. The quantitative estimate of drug-likeness (QED) is 0.553. The van der Waals surface area contributed by atoms with Crippen molar-refractivity contribution >= 4 is 11.7 Å². The van der Waals surface area contributed by atoms with Crippen LogP contribution in [0.15, 0.2) is 12.2 Å². The third-order valence-corrected chi connectivity index (χ3v) is 1.37. The Morgan fingerprint density at radius 2 is 2.18 bits per heavy atom. The lowest BCUT2D eigenvalue weighted by molar-refractivity contribution is -0.136. The van der Waals surface area contributed by atoms with Crippen molar-refractivity contribution in [1.82, 2.24) is 5.32 Å². The minimum Gasteiger partial charge on any atom is -0.348 e. The Balaban J connectivity index is 2.70. The number of rotatable bonds is 1. The average Bonchev–Trinajstić information content (AvgIpc) is 2.18. The Hall–Kier alpha value is -1.26. The van der Waals surface area contributed by atoms with Gasteiger partial charge in [0.05, 0.1) is 5.92 Å². The molecule has 1 atom stereocenters. The largest absolute Gasteiger partial charge is 0.348 e. The van der Waals surface area contributed by atoms with E-state index in [-0.39, 0.29) is 6.54 Å². The topological polar surface area (TPSA) is 46.2 Å². The molecule has 0 radical (unpaired) electrons. The molecule has 1 amide bonds. The molecule has 0 aliphatic carbocycles. The lowest BCUT2D eigenvalue weighted by Gasteiger charge is -1.93. The zero-order chi connectivity index (χ0) is 8.43. The van der Waals surface area contributed by atoms with Gasteiger partial charge in [-0.1, -0.05) is 0 Å². The molecule has 0 saturated carbocycles. The number of halogens is 2. The smallest absolute Gasteiger partial charge is 0.288 e. The second kappa shape index (κ2) is 2.77. The van der Waals surface area contributed by atoms with E-state index < -0.39 is 23.7 Å². The van der Waals surface area contributed by atoms with Crippen molar-refractivity contribution in [2.75, 3.05) is 6.54 Å². The third kappa shape index (κ3) is 1.60. The summed E-state index contributed by atoms with van der Waals surface area (Å²) in [5.41, 5.74) is 0. The number of hydrogen-bond acceptors (Lipinski definition) is 2. The van der Waals surface area contributed by atoms with E-state index in [4.69, 9.17) is 0 Å². The number of amides is 1. The van der Waals surface area contributed by atoms with Crippen molar-refractivity contribution in [3.8, 4) is 0 Å². The summed E-state index contributed by atoms with van der Waals surface area (Å²) in [6.45, 7) is -0.0188. The summed E-state index contributed by atoms with van der Waals surface area (Å²) in [6, 6.07) is 0. The van der Waals surface area contributed by atoms with E-state index in [0.29, 0.717) is 6.08 Å². The highest BCUT2D eigenvalue weighted by Crippen LogP contribution is 2.10. The molecular weight excluding hydrogens is 156 g/mol. The highest BCUT2D eigenvalue weighted by Gasteiger charge is 2.30. The molecule has 1 aliphatic rings. The molecule has 0 unspecified atom stereocenters. The van der Waals surface area contributed by atoms with Gasteiger partial charge in [0.1, 0.15) is 0 Å². The van der Waals surface area contributed by atoms with Crippen LogP contribution in [-0.2, 0) is 9.59 Å². The average molecular weight is 161 g/mol. The van der Waals surface area contributed by atoms with Crippen LogP contribution >= 0.6 is 0 Å². The van der Waals surface area contributed by atoms with E-state index in [2.05, 4.69) is 5.32 Å². The van der Waals surface area contributed by atoms with E-state index >= 15 is 0 Å². The van der Waals surface area contributed by atoms with Crippen molar-refractivity contribution in [1.29, 1.82) is 0 Å². The summed E-state index contributed by atoms with van der Waals surface area (Å²) in [4.78, 5) is 21.1. The van der Waals surface area contributed by atoms with E-state index in [9.17, 15) is 18.4 Å². The number of carbonyl (C=O) groups excluding carboxylic acids is 2. The first-order chi connectivity index (χ1) is 5.11. The van der Waals surface area contributed by atoms with Crippen LogP contribution in [0.2, 0.25) is 0 Å². The van der Waals surface area contributed by atoms with Gasteiger partial charge in [-0.05, 0) is 6.08 Å². The molecule has 1 heterocycles. The molecule has 1 fully saturated rings. The van der Waals surface area contributed by atoms with Crippen LogP contribution in [0.5, 0.6) is 0 Å². The van der Waals surface area contributed by atoms with E-state index in [0.717, 1.165) is 0 Å². The van der Waals surface area contributed by atoms with Crippen molar-refractivity contribution < 1.29 is 18.4 Å². The standard InChI is InChI=1S/C6H5F2NO2/c7-4(8)1-3-2-9-6(11)5(3)10/h1,3H,2H2,(H,9,11)/t3-/m0/s1. The first-order valence-electron chi connectivity index (χ1n) is 2.96. The van der Waals surface area contributed by atoms with Gasteiger partial charge in [-0.3, -0.25) is 9.59 Å². The van der Waals surface area contributed by atoms with Gasteiger partial charge in [0.25, 0.3) is 12.0 Å². The molecule has 11 heavy (non-hydrogen) atoms. The molecule has 0 aromatic rings. The van der Waals surface area contributed by atoms with Gasteiger partial charge in [-0.2, -0.15) is 8.78 Å². The summed E-state index contributed by atoms with van der Waals surface area (Å²) in [5.74, 6) is -2.56. The highest BCUT2D eigenvalue weighted by molar-refractivity contribution is 6.39. The maximum atomic E-state index is 11.6. The molecule has 1 aliphatic heterocycles. The van der Waals surface area contributed by atoms with Crippen molar-refractivity contribution in [2.24, 2.45) is 5.92 Å². The third-order valence-electron chi connectivity index (χ3n) is 1.37. The number of Topliss-reactive ketones (excluding diaryl/α,β-unsaturated/α-hetero) is 1. The Morgan fingerprint density at radius 3 is 2.55 bits per heavy atom. The predicted molar refractivity (Wildman–Crippen MR) is 31.8 cm³/mol. The van der Waals surface area contributed by atoms with Crippen LogP contribution in [0, 0.1) is 5.92 Å². The fourth-order valence-electron chi connectivity index (χ4n) is 0.838. The molecular formula is C6H5F2NO2. The summed E-state index contributed by atoms with van der Waals surface area (Å²) in [6.07, 6.45) is -1.44. The molecule has 1 saturated heterocycles. The summed E-state index contributed by atoms with van der Waals surface area (Å²) < 4.78 is 23.1. The second-order valence-corrected chi connectivity index (χ2v) is 2.14. The fourth-order valence-corrected chi connectivity index (χ4v) is 0.838. The molecule has 5 heteroatoms. The first-order valence-corrected chi connectivity index (χ1v) is 2.96. The lowest BCUT2D eigenvalue weighted by atomic mass is 10.1. The van der Waals surface area contributed by atoms with Crippen LogP contribution in [0.3, 0.4) is 0 Å². The normalized spacial score (nSPS) is 23.3. The van der Waals surface area contributed by atoms with Crippen molar-refractivity contribution in [2.45, 2.75) is 0 Å². The van der Waals surface area contributed by atoms with Gasteiger partial charge in [0, 0.05) is 6.54 Å². The number of carbonyl (C=O) groups is 2. The minimum atomic E-state index is -1.93. The SMILES string of the molecule is O=C1NC[C@H](C=C(F)F)C1=O. The maximum Gasteiger partial charge on any atom is 0.288 e. The first kappa shape index (κ1) is 7.84. The summed E-state index contributed by atoms with van der Waals surface area (Å²) in [7, 11) is 0. The molecule has 0 bridgehead atoms. The van der Waals surface area contributed by atoms with E-state index in [1.807, 2.05) is 0 Å². The zero-order valence-electron chi connectivity index (χ0n) is 5.43. The van der Waals surface area contributed by atoms with Gasteiger partial charge in [-0.25, -0.2) is 0 Å². The molecule has 1 N–H and O–H groups in total. The molecule has 1 rings (SSSR count). The van der Waals surface area contributed by atoms with Crippen molar-refractivity contribution in [3.05, 3.63) is 12.2 Å². The zero-order valence-corrected chi connectivity index (χ0v) is 5.43. The molecule has 0 spiro atoms. The monoisotopic (exact) mass is 161 g/mol. The molecule has 3 nitrogen and oxygen atoms in total.